The van der Waals surface area contributed by atoms with E-state index >= 15 is 0 Å². The van der Waals surface area contributed by atoms with Gasteiger partial charge in [0, 0.05) is 57.7 Å². The van der Waals surface area contributed by atoms with Crippen LogP contribution in [0.1, 0.15) is 41.6 Å². The van der Waals surface area contributed by atoms with Crippen molar-refractivity contribution in [3.8, 4) is 0 Å². The molecule has 2 N–H and O–H groups in total. The van der Waals surface area contributed by atoms with E-state index in [0.717, 1.165) is 43.1 Å². The summed E-state index contributed by atoms with van der Waals surface area (Å²) in [5, 5.41) is 6.46. The first kappa shape index (κ1) is 21.4. The standard InChI is InChI=1S/C20H29N5O.ClH/c1-15(2)12-23-20(26)17-6-4-5-16(11-17)14-25-10-7-21-13-18(25)19-22-8-9-24(19)3;/h4-6,8-9,11,15,18,21H,7,10,12-14H2,1-3H3,(H,23,26);1H. The number of aromatic nitrogens is 2. The summed E-state index contributed by atoms with van der Waals surface area (Å²) in [4.78, 5) is 19.3. The van der Waals surface area contributed by atoms with Crippen LogP contribution in [0.5, 0.6) is 0 Å². The Morgan fingerprint density at radius 1 is 1.41 bits per heavy atom. The molecule has 7 heteroatoms. The first-order valence-electron chi connectivity index (χ1n) is 9.33. The average Bonchev–Trinajstić information content (AvgIpc) is 3.06. The van der Waals surface area contributed by atoms with Crippen molar-refractivity contribution in [2.45, 2.75) is 26.4 Å². The molecule has 6 nitrogen and oxygen atoms in total. The van der Waals surface area contributed by atoms with E-state index in [1.165, 1.54) is 0 Å². The number of amides is 1. The van der Waals surface area contributed by atoms with Crippen LogP contribution in [0.3, 0.4) is 0 Å². The molecule has 0 aliphatic carbocycles. The number of halogens is 1. The SMILES string of the molecule is CC(C)CNC(=O)c1cccc(CN2CCNCC2c2nccn2C)c1.Cl. The van der Waals surface area contributed by atoms with Crippen LogP contribution in [0.15, 0.2) is 36.7 Å². The molecule has 0 bridgehead atoms. The predicted octanol–water partition coefficient (Wildman–Crippen LogP) is 2.37. The molecule has 3 rings (SSSR count). The van der Waals surface area contributed by atoms with Crippen LogP contribution in [0.4, 0.5) is 0 Å². The van der Waals surface area contributed by atoms with Gasteiger partial charge < -0.3 is 15.2 Å². The van der Waals surface area contributed by atoms with Crippen LogP contribution in [0.2, 0.25) is 0 Å². The highest BCUT2D eigenvalue weighted by Crippen LogP contribution is 2.23. The first-order chi connectivity index (χ1) is 12.5. The summed E-state index contributed by atoms with van der Waals surface area (Å²) >= 11 is 0. The average molecular weight is 392 g/mol. The molecule has 1 amide bonds. The Kier molecular flexibility index (Phi) is 7.83. The van der Waals surface area contributed by atoms with Gasteiger partial charge in [0.2, 0.25) is 0 Å². The number of nitrogens with zero attached hydrogens (tertiary/aromatic N) is 3. The number of hydrogen-bond acceptors (Lipinski definition) is 4. The predicted molar refractivity (Wildman–Crippen MR) is 110 cm³/mol. The van der Waals surface area contributed by atoms with Crippen molar-refractivity contribution in [2.75, 3.05) is 26.2 Å². The monoisotopic (exact) mass is 391 g/mol. The van der Waals surface area contributed by atoms with Crippen LogP contribution in [0.25, 0.3) is 0 Å². The number of carbonyl (C=O) groups excluding carboxylic acids is 1. The summed E-state index contributed by atoms with van der Waals surface area (Å²) in [6, 6.07) is 8.19. The normalized spacial score (nSPS) is 17.6. The van der Waals surface area contributed by atoms with Crippen molar-refractivity contribution in [1.29, 1.82) is 0 Å². The Bertz CT molecular complexity index is 745. The zero-order chi connectivity index (χ0) is 18.5. The Labute approximate surface area is 167 Å². The zero-order valence-corrected chi connectivity index (χ0v) is 17.1. The number of piperazine rings is 1. The van der Waals surface area contributed by atoms with E-state index in [2.05, 4.69) is 45.0 Å². The second-order valence-corrected chi connectivity index (χ2v) is 7.39. The number of benzene rings is 1. The van der Waals surface area contributed by atoms with Crippen LogP contribution >= 0.6 is 12.4 Å². The molecule has 1 aromatic heterocycles. The molecule has 148 valence electrons. The molecular weight excluding hydrogens is 362 g/mol. The highest BCUT2D eigenvalue weighted by atomic mass is 35.5. The Balaban J connectivity index is 0.00000261. The van der Waals surface area contributed by atoms with Gasteiger partial charge in [0.05, 0.1) is 6.04 Å². The van der Waals surface area contributed by atoms with Crippen molar-refractivity contribution >= 4 is 18.3 Å². The highest BCUT2D eigenvalue weighted by molar-refractivity contribution is 5.94. The molecule has 27 heavy (non-hydrogen) atoms. The molecular formula is C20H30ClN5O. The maximum Gasteiger partial charge on any atom is 0.251 e. The van der Waals surface area contributed by atoms with Gasteiger partial charge in [-0.2, -0.15) is 0 Å². The third-order valence-corrected chi connectivity index (χ3v) is 4.76. The van der Waals surface area contributed by atoms with E-state index < -0.39 is 0 Å². The van der Waals surface area contributed by atoms with Gasteiger partial charge in [0.1, 0.15) is 5.82 Å². The molecule has 1 fully saturated rings. The molecule has 2 aromatic rings. The molecule has 1 aromatic carbocycles. The van der Waals surface area contributed by atoms with Crippen LogP contribution in [-0.4, -0.2) is 46.5 Å². The third-order valence-electron chi connectivity index (χ3n) is 4.76. The van der Waals surface area contributed by atoms with Crippen molar-refractivity contribution in [1.82, 2.24) is 25.1 Å². The minimum absolute atomic E-state index is 0. The van der Waals surface area contributed by atoms with E-state index in [-0.39, 0.29) is 24.4 Å². The van der Waals surface area contributed by atoms with E-state index in [1.807, 2.05) is 37.6 Å². The second kappa shape index (κ2) is 9.88. The van der Waals surface area contributed by atoms with Gasteiger partial charge in [-0.15, -0.1) is 12.4 Å². The number of carbonyl (C=O) groups is 1. The fourth-order valence-electron chi connectivity index (χ4n) is 3.33. The highest BCUT2D eigenvalue weighted by Gasteiger charge is 2.26. The van der Waals surface area contributed by atoms with Crippen molar-refractivity contribution < 1.29 is 4.79 Å². The first-order valence-corrected chi connectivity index (χ1v) is 9.33. The molecule has 1 unspecified atom stereocenters. The minimum Gasteiger partial charge on any atom is -0.352 e. The lowest BCUT2D eigenvalue weighted by atomic mass is 10.1. The van der Waals surface area contributed by atoms with E-state index in [9.17, 15) is 4.79 Å². The number of aryl methyl sites for hydroxylation is 1. The third kappa shape index (κ3) is 5.54. The topological polar surface area (TPSA) is 62.2 Å². The number of imidazole rings is 1. The molecule has 1 aliphatic heterocycles. The molecule has 1 saturated heterocycles. The lowest BCUT2D eigenvalue weighted by molar-refractivity contribution is 0.0948. The summed E-state index contributed by atoms with van der Waals surface area (Å²) in [5.41, 5.74) is 1.88. The van der Waals surface area contributed by atoms with Crippen LogP contribution < -0.4 is 10.6 Å². The molecule has 0 radical (unpaired) electrons. The van der Waals surface area contributed by atoms with Crippen molar-refractivity contribution in [3.63, 3.8) is 0 Å². The Morgan fingerprint density at radius 3 is 2.93 bits per heavy atom. The Morgan fingerprint density at radius 2 is 2.22 bits per heavy atom. The maximum atomic E-state index is 12.3. The number of hydrogen-bond donors (Lipinski definition) is 2. The Hall–Kier alpha value is -1.89. The summed E-state index contributed by atoms with van der Waals surface area (Å²) < 4.78 is 2.08. The van der Waals surface area contributed by atoms with Gasteiger partial charge in [-0.25, -0.2) is 4.98 Å². The fourth-order valence-corrected chi connectivity index (χ4v) is 3.33. The molecule has 1 aliphatic rings. The van der Waals surface area contributed by atoms with Gasteiger partial charge in [-0.05, 0) is 23.6 Å². The maximum absolute atomic E-state index is 12.3. The van der Waals surface area contributed by atoms with E-state index in [4.69, 9.17) is 0 Å². The van der Waals surface area contributed by atoms with Gasteiger partial charge in [-0.1, -0.05) is 26.0 Å². The fraction of sp³-hybridized carbons (Fsp3) is 0.500. The molecule has 0 saturated carbocycles. The van der Waals surface area contributed by atoms with Gasteiger partial charge in [-0.3, -0.25) is 9.69 Å². The number of nitrogens with one attached hydrogen (secondary N) is 2. The van der Waals surface area contributed by atoms with E-state index in [1.54, 1.807) is 0 Å². The van der Waals surface area contributed by atoms with Gasteiger partial charge >= 0.3 is 0 Å². The molecule has 1 atom stereocenters. The quantitative estimate of drug-likeness (QED) is 0.793. The van der Waals surface area contributed by atoms with E-state index in [0.29, 0.717) is 12.5 Å². The summed E-state index contributed by atoms with van der Waals surface area (Å²) in [7, 11) is 2.04. The largest absolute Gasteiger partial charge is 0.352 e. The summed E-state index contributed by atoms with van der Waals surface area (Å²) in [6.07, 6.45) is 3.84. The van der Waals surface area contributed by atoms with Crippen LogP contribution in [0, 0.1) is 5.92 Å². The smallest absolute Gasteiger partial charge is 0.251 e. The van der Waals surface area contributed by atoms with Crippen molar-refractivity contribution in [3.05, 3.63) is 53.6 Å². The van der Waals surface area contributed by atoms with Gasteiger partial charge in [0.25, 0.3) is 5.91 Å². The van der Waals surface area contributed by atoms with Gasteiger partial charge in [0.15, 0.2) is 0 Å². The summed E-state index contributed by atoms with van der Waals surface area (Å²) in [5.74, 6) is 1.52. The lowest BCUT2D eigenvalue weighted by Crippen LogP contribution is -2.46. The summed E-state index contributed by atoms with van der Waals surface area (Å²) in [6.45, 7) is 8.51. The zero-order valence-electron chi connectivity index (χ0n) is 16.3. The number of rotatable bonds is 6. The minimum atomic E-state index is 0. The van der Waals surface area contributed by atoms with Crippen LogP contribution in [-0.2, 0) is 13.6 Å². The van der Waals surface area contributed by atoms with Crippen molar-refractivity contribution in [2.24, 2.45) is 13.0 Å². The molecule has 0 spiro atoms. The lowest BCUT2D eigenvalue weighted by Gasteiger charge is -2.35. The second-order valence-electron chi connectivity index (χ2n) is 7.39. The molecule has 2 heterocycles.